The van der Waals surface area contributed by atoms with Gasteiger partial charge in [-0.3, -0.25) is 10.1 Å². The number of nitrogens with zero attached hydrogens (tertiary/aromatic N) is 1. The molecule has 2 unspecified atom stereocenters. The lowest BCUT2D eigenvalue weighted by atomic mass is 9.98. The molecule has 0 aliphatic heterocycles. The summed E-state index contributed by atoms with van der Waals surface area (Å²) in [6, 6.07) is 19.0. The SMILES string of the molecule is O=C(NCCC(O)C(O)c1ccc([N+](=O)[O-])c(C(=O)O)c1)OCC1c2ccccc2-c2ccccc21. The molecule has 10 heteroatoms. The lowest BCUT2D eigenvalue weighted by Crippen LogP contribution is -2.30. The summed E-state index contributed by atoms with van der Waals surface area (Å²) >= 11 is 0. The van der Waals surface area contributed by atoms with Gasteiger partial charge >= 0.3 is 12.1 Å². The van der Waals surface area contributed by atoms with Crippen LogP contribution in [0.25, 0.3) is 11.1 Å². The van der Waals surface area contributed by atoms with Crippen molar-refractivity contribution in [2.24, 2.45) is 0 Å². The van der Waals surface area contributed by atoms with Gasteiger partial charge in [0.1, 0.15) is 18.3 Å². The van der Waals surface area contributed by atoms with Gasteiger partial charge in [0.2, 0.25) is 0 Å². The Hall–Kier alpha value is -4.28. The maximum absolute atomic E-state index is 12.3. The molecule has 2 atom stereocenters. The first-order valence-corrected chi connectivity index (χ1v) is 11.2. The van der Waals surface area contributed by atoms with E-state index in [9.17, 15) is 35.0 Å². The predicted octanol–water partition coefficient (Wildman–Crippen LogP) is 3.62. The number of alkyl carbamates (subject to hydrolysis) is 1. The number of nitro groups is 1. The van der Waals surface area contributed by atoms with E-state index in [1.165, 1.54) is 6.07 Å². The van der Waals surface area contributed by atoms with Gasteiger partial charge in [0.15, 0.2) is 0 Å². The quantitative estimate of drug-likeness (QED) is 0.260. The van der Waals surface area contributed by atoms with Gasteiger partial charge in [-0.2, -0.15) is 0 Å². The Kier molecular flexibility index (Phi) is 7.28. The van der Waals surface area contributed by atoms with E-state index in [1.807, 2.05) is 48.5 Å². The van der Waals surface area contributed by atoms with Crippen molar-refractivity contribution >= 4 is 17.7 Å². The Bertz CT molecular complexity index is 1260. The molecule has 186 valence electrons. The molecule has 3 aromatic rings. The third-order valence-corrected chi connectivity index (χ3v) is 6.21. The number of fused-ring (bicyclic) bond motifs is 3. The van der Waals surface area contributed by atoms with Gasteiger partial charge in [0, 0.05) is 18.5 Å². The summed E-state index contributed by atoms with van der Waals surface area (Å²) < 4.78 is 5.42. The number of aliphatic hydroxyl groups excluding tert-OH is 2. The van der Waals surface area contributed by atoms with Crippen LogP contribution in [0.15, 0.2) is 66.7 Å². The number of benzene rings is 3. The van der Waals surface area contributed by atoms with Crippen LogP contribution in [-0.4, -0.2) is 51.6 Å². The molecule has 4 rings (SSSR count). The lowest BCUT2D eigenvalue weighted by Gasteiger charge is -2.19. The van der Waals surface area contributed by atoms with Gasteiger partial charge in [-0.15, -0.1) is 0 Å². The molecule has 36 heavy (non-hydrogen) atoms. The molecular weight excluding hydrogens is 468 g/mol. The van der Waals surface area contributed by atoms with Crippen molar-refractivity contribution in [3.05, 3.63) is 99.1 Å². The molecule has 0 saturated heterocycles. The van der Waals surface area contributed by atoms with Gasteiger partial charge in [-0.05, 0) is 46.4 Å². The van der Waals surface area contributed by atoms with Crippen LogP contribution in [0.5, 0.6) is 0 Å². The van der Waals surface area contributed by atoms with Crippen LogP contribution in [0.1, 0.15) is 45.5 Å². The lowest BCUT2D eigenvalue weighted by molar-refractivity contribution is -0.385. The molecule has 0 aromatic heterocycles. The van der Waals surface area contributed by atoms with Crippen molar-refractivity contribution in [1.82, 2.24) is 5.32 Å². The normalized spacial score (nSPS) is 13.8. The molecule has 0 saturated carbocycles. The Morgan fingerprint density at radius 3 is 2.19 bits per heavy atom. The maximum atomic E-state index is 12.3. The smallest absolute Gasteiger partial charge is 0.407 e. The maximum Gasteiger partial charge on any atom is 0.407 e. The van der Waals surface area contributed by atoms with E-state index in [0.29, 0.717) is 0 Å². The van der Waals surface area contributed by atoms with Crippen molar-refractivity contribution in [3.63, 3.8) is 0 Å². The molecule has 0 radical (unpaired) electrons. The molecule has 1 amide bonds. The van der Waals surface area contributed by atoms with Crippen LogP contribution < -0.4 is 5.32 Å². The Labute approximate surface area is 205 Å². The molecule has 0 bridgehead atoms. The Morgan fingerprint density at radius 2 is 1.61 bits per heavy atom. The fraction of sp³-hybridized carbons (Fsp3) is 0.231. The average molecular weight is 492 g/mol. The van der Waals surface area contributed by atoms with Gasteiger partial charge in [0.25, 0.3) is 5.69 Å². The minimum atomic E-state index is -1.53. The second-order valence-electron chi connectivity index (χ2n) is 8.39. The fourth-order valence-electron chi connectivity index (χ4n) is 4.42. The van der Waals surface area contributed by atoms with Crippen LogP contribution in [-0.2, 0) is 4.74 Å². The zero-order chi connectivity index (χ0) is 25.8. The van der Waals surface area contributed by atoms with E-state index in [0.717, 1.165) is 34.4 Å². The number of aromatic carboxylic acids is 1. The van der Waals surface area contributed by atoms with Gasteiger partial charge in [0.05, 0.1) is 11.0 Å². The average Bonchev–Trinajstić information content (AvgIpc) is 3.20. The predicted molar refractivity (Wildman–Crippen MR) is 129 cm³/mol. The van der Waals surface area contributed by atoms with Crippen molar-refractivity contribution < 1.29 is 34.6 Å². The van der Waals surface area contributed by atoms with Crippen LogP contribution in [0, 0.1) is 10.1 Å². The monoisotopic (exact) mass is 492 g/mol. The van der Waals surface area contributed by atoms with Crippen LogP contribution in [0.4, 0.5) is 10.5 Å². The summed E-state index contributed by atoms with van der Waals surface area (Å²) in [5.41, 5.74) is 3.16. The second kappa shape index (κ2) is 10.5. The Morgan fingerprint density at radius 1 is 1.00 bits per heavy atom. The van der Waals surface area contributed by atoms with Gasteiger partial charge in [-0.1, -0.05) is 48.5 Å². The first-order chi connectivity index (χ1) is 17.3. The first kappa shape index (κ1) is 24.8. The summed E-state index contributed by atoms with van der Waals surface area (Å²) in [5.74, 6) is -1.62. The van der Waals surface area contributed by atoms with E-state index in [4.69, 9.17) is 4.74 Å². The molecule has 1 aliphatic carbocycles. The summed E-state index contributed by atoms with van der Waals surface area (Å²) in [4.78, 5) is 33.7. The molecule has 0 spiro atoms. The molecule has 4 N–H and O–H groups in total. The van der Waals surface area contributed by atoms with Crippen molar-refractivity contribution in [2.45, 2.75) is 24.5 Å². The first-order valence-electron chi connectivity index (χ1n) is 11.2. The zero-order valence-electron chi connectivity index (χ0n) is 19.0. The summed E-state index contributed by atoms with van der Waals surface area (Å²) in [6.45, 7) is 0.111. The number of nitro benzene ring substituents is 1. The zero-order valence-corrected chi connectivity index (χ0v) is 19.0. The van der Waals surface area contributed by atoms with Crippen LogP contribution in [0.3, 0.4) is 0 Å². The number of carboxylic acid groups (broad SMARTS) is 1. The third kappa shape index (κ3) is 5.04. The fourth-order valence-corrected chi connectivity index (χ4v) is 4.42. The van der Waals surface area contributed by atoms with Crippen molar-refractivity contribution in [1.29, 1.82) is 0 Å². The molecule has 3 aromatic carbocycles. The highest BCUT2D eigenvalue weighted by molar-refractivity contribution is 5.92. The second-order valence-corrected chi connectivity index (χ2v) is 8.39. The summed E-state index contributed by atoms with van der Waals surface area (Å²) in [6.07, 6.45) is -3.61. The summed E-state index contributed by atoms with van der Waals surface area (Å²) in [7, 11) is 0. The van der Waals surface area contributed by atoms with E-state index in [1.54, 1.807) is 0 Å². The number of hydrogen-bond acceptors (Lipinski definition) is 7. The van der Waals surface area contributed by atoms with Crippen molar-refractivity contribution in [2.75, 3.05) is 13.2 Å². The van der Waals surface area contributed by atoms with Crippen molar-refractivity contribution in [3.8, 4) is 11.1 Å². The Balaban J connectivity index is 1.30. The largest absolute Gasteiger partial charge is 0.477 e. The number of amides is 1. The summed E-state index contributed by atoms with van der Waals surface area (Å²) in [5, 5.41) is 43.4. The number of nitrogens with one attached hydrogen (secondary N) is 1. The molecule has 0 fully saturated rings. The highest BCUT2D eigenvalue weighted by atomic mass is 16.6. The van der Waals surface area contributed by atoms with E-state index in [-0.39, 0.29) is 31.1 Å². The number of carboxylic acids is 1. The highest BCUT2D eigenvalue weighted by Gasteiger charge is 2.29. The molecule has 0 heterocycles. The van der Waals surface area contributed by atoms with Gasteiger partial charge < -0.3 is 25.4 Å². The van der Waals surface area contributed by atoms with E-state index >= 15 is 0 Å². The standard InChI is InChI=1S/C26H24N2O8/c29-23(24(30)15-9-10-22(28(34)35)20(13-15)25(31)32)11-12-27-26(33)36-14-21-18-7-3-1-5-16(18)17-6-2-4-8-19(17)21/h1-10,13,21,23-24,29-30H,11-12,14H2,(H,27,33)(H,31,32). The highest BCUT2D eigenvalue weighted by Crippen LogP contribution is 2.44. The number of hydrogen-bond donors (Lipinski definition) is 4. The van der Waals surface area contributed by atoms with Gasteiger partial charge in [-0.25, -0.2) is 9.59 Å². The number of aliphatic hydroxyl groups is 2. The molecule has 1 aliphatic rings. The molecular formula is C26H24N2O8. The van der Waals surface area contributed by atoms with Crippen LogP contribution in [0.2, 0.25) is 0 Å². The molecule has 10 nitrogen and oxygen atoms in total. The number of rotatable bonds is 9. The van der Waals surface area contributed by atoms with Crippen LogP contribution >= 0.6 is 0 Å². The number of carbonyl (C=O) groups is 2. The topological polar surface area (TPSA) is 159 Å². The third-order valence-electron chi connectivity index (χ3n) is 6.21. The van der Waals surface area contributed by atoms with E-state index in [2.05, 4.69) is 5.32 Å². The number of carbonyl (C=O) groups excluding carboxylic acids is 1. The van der Waals surface area contributed by atoms with E-state index < -0.39 is 40.4 Å². The minimum Gasteiger partial charge on any atom is -0.477 e. The minimum absolute atomic E-state index is 0.00615. The number of ether oxygens (including phenoxy) is 1.